The van der Waals surface area contributed by atoms with E-state index in [1.165, 1.54) is 11.3 Å². The Labute approximate surface area is 74.8 Å². The van der Waals surface area contributed by atoms with Crippen LogP contribution >= 0.6 is 11.3 Å². The fourth-order valence-electron chi connectivity index (χ4n) is 0.724. The molecule has 0 atom stereocenters. The molecule has 1 rings (SSSR count). The van der Waals surface area contributed by atoms with Crippen LogP contribution in [0.2, 0.25) is 0 Å². The van der Waals surface area contributed by atoms with Gasteiger partial charge in [-0.3, -0.25) is 4.79 Å². The van der Waals surface area contributed by atoms with Gasteiger partial charge in [0.05, 0.1) is 5.69 Å². The molecule has 0 spiro atoms. The first kappa shape index (κ1) is 9.15. The maximum Gasteiger partial charge on any atom is 0.227 e. The molecule has 5 heteroatoms. The molecule has 0 aliphatic rings. The Morgan fingerprint density at radius 1 is 1.83 bits per heavy atom. The normalized spacial score (nSPS) is 9.83. The summed E-state index contributed by atoms with van der Waals surface area (Å²) in [6, 6.07) is 0. The summed E-state index contributed by atoms with van der Waals surface area (Å²) >= 11 is 1.42. The molecule has 3 N–H and O–H groups in total. The Balaban J connectivity index is 2.46. The number of hydrogen-bond acceptors (Lipinski definition) is 4. The van der Waals surface area contributed by atoms with Crippen molar-refractivity contribution in [2.45, 2.75) is 13.3 Å². The molecule has 0 unspecified atom stereocenters. The molecule has 0 aliphatic heterocycles. The molecule has 1 aromatic rings. The number of carbonyl (C=O) groups excluding carboxylic acids is 1. The molecule has 4 nitrogen and oxygen atoms in total. The third-order valence-corrected chi connectivity index (χ3v) is 2.11. The number of hydrogen-bond donors (Lipinski definition) is 2. The van der Waals surface area contributed by atoms with Crippen molar-refractivity contribution < 1.29 is 4.79 Å². The molecule has 1 aromatic heterocycles. The molecule has 66 valence electrons. The number of carbonyl (C=O) groups is 1. The topological polar surface area (TPSA) is 68.0 Å². The average molecular weight is 185 g/mol. The first-order valence-corrected chi connectivity index (χ1v) is 4.52. The molecule has 0 aromatic carbocycles. The summed E-state index contributed by atoms with van der Waals surface area (Å²) in [6.45, 7) is 2.26. The molecule has 0 radical (unpaired) electrons. The van der Waals surface area contributed by atoms with Crippen LogP contribution in [0.3, 0.4) is 0 Å². The third kappa shape index (κ3) is 2.60. The van der Waals surface area contributed by atoms with Gasteiger partial charge in [-0.1, -0.05) is 0 Å². The van der Waals surface area contributed by atoms with Crippen molar-refractivity contribution in [2.24, 2.45) is 5.73 Å². The van der Waals surface area contributed by atoms with E-state index in [2.05, 4.69) is 10.3 Å². The van der Waals surface area contributed by atoms with E-state index >= 15 is 0 Å². The van der Waals surface area contributed by atoms with Crippen molar-refractivity contribution in [3.05, 3.63) is 11.1 Å². The largest absolute Gasteiger partial charge is 0.330 e. The minimum atomic E-state index is -0.0770. The summed E-state index contributed by atoms with van der Waals surface area (Å²) < 4.78 is 0. The minimum Gasteiger partial charge on any atom is -0.330 e. The van der Waals surface area contributed by atoms with Crippen LogP contribution in [0.25, 0.3) is 0 Å². The number of aromatic nitrogens is 1. The number of amides is 1. The highest BCUT2D eigenvalue weighted by molar-refractivity contribution is 7.13. The molecule has 12 heavy (non-hydrogen) atoms. The van der Waals surface area contributed by atoms with Crippen LogP contribution in [0.15, 0.2) is 5.38 Å². The molecule has 1 heterocycles. The van der Waals surface area contributed by atoms with E-state index in [1.54, 1.807) is 0 Å². The summed E-state index contributed by atoms with van der Waals surface area (Å²) in [5.74, 6) is -0.0770. The summed E-state index contributed by atoms with van der Waals surface area (Å²) in [7, 11) is 0. The lowest BCUT2D eigenvalue weighted by molar-refractivity contribution is -0.116. The molecule has 0 saturated heterocycles. The van der Waals surface area contributed by atoms with Crippen LogP contribution in [0.1, 0.15) is 12.1 Å². The van der Waals surface area contributed by atoms with Gasteiger partial charge in [-0.15, -0.1) is 11.3 Å². The van der Waals surface area contributed by atoms with E-state index in [4.69, 9.17) is 5.73 Å². The van der Waals surface area contributed by atoms with Crippen LogP contribution in [0.4, 0.5) is 5.13 Å². The molecule has 0 fully saturated rings. The zero-order valence-corrected chi connectivity index (χ0v) is 7.65. The Kier molecular flexibility index (Phi) is 3.19. The number of nitrogens with two attached hydrogens (primary N) is 1. The lowest BCUT2D eigenvalue weighted by Crippen LogP contribution is -2.15. The highest BCUT2D eigenvalue weighted by atomic mass is 32.1. The number of thiazole rings is 1. The number of nitrogens with one attached hydrogen (secondary N) is 1. The Morgan fingerprint density at radius 3 is 3.08 bits per heavy atom. The van der Waals surface area contributed by atoms with Gasteiger partial charge in [0.25, 0.3) is 0 Å². The van der Waals surface area contributed by atoms with E-state index < -0.39 is 0 Å². The highest BCUT2D eigenvalue weighted by Crippen LogP contribution is 2.14. The van der Waals surface area contributed by atoms with Gasteiger partial charge in [-0.25, -0.2) is 4.98 Å². The summed E-state index contributed by atoms with van der Waals surface area (Å²) in [5.41, 5.74) is 6.13. The summed E-state index contributed by atoms with van der Waals surface area (Å²) in [4.78, 5) is 15.1. The van der Waals surface area contributed by atoms with E-state index in [1.807, 2.05) is 12.3 Å². The molecular weight excluding hydrogens is 174 g/mol. The fourth-order valence-corrected chi connectivity index (χ4v) is 1.43. The van der Waals surface area contributed by atoms with Crippen LogP contribution < -0.4 is 11.1 Å². The summed E-state index contributed by atoms with van der Waals surface area (Å²) in [6.07, 6.45) is 0.346. The molecular formula is C7H11N3OS. The average Bonchev–Trinajstić information content (AvgIpc) is 2.36. The van der Waals surface area contributed by atoms with E-state index in [-0.39, 0.29) is 5.91 Å². The van der Waals surface area contributed by atoms with Gasteiger partial charge in [0, 0.05) is 18.3 Å². The van der Waals surface area contributed by atoms with Crippen LogP contribution in [-0.2, 0) is 4.79 Å². The van der Waals surface area contributed by atoms with Gasteiger partial charge in [-0.05, 0) is 6.92 Å². The number of rotatable bonds is 3. The van der Waals surface area contributed by atoms with Crippen molar-refractivity contribution in [1.82, 2.24) is 4.98 Å². The zero-order valence-electron chi connectivity index (χ0n) is 6.83. The second-order valence-corrected chi connectivity index (χ2v) is 3.24. The van der Waals surface area contributed by atoms with Crippen molar-refractivity contribution in [2.75, 3.05) is 11.9 Å². The molecule has 0 bridgehead atoms. The van der Waals surface area contributed by atoms with Crippen LogP contribution in [0, 0.1) is 6.92 Å². The van der Waals surface area contributed by atoms with Crippen molar-refractivity contribution in [3.8, 4) is 0 Å². The maximum atomic E-state index is 11.0. The van der Waals surface area contributed by atoms with Crippen molar-refractivity contribution >= 4 is 22.4 Å². The van der Waals surface area contributed by atoms with Crippen molar-refractivity contribution in [1.29, 1.82) is 0 Å². The SMILES string of the molecule is Cc1csc(NC(=O)CCN)n1. The number of anilines is 1. The fraction of sp³-hybridized carbons (Fsp3) is 0.429. The molecule has 0 aliphatic carbocycles. The van der Waals surface area contributed by atoms with Crippen LogP contribution in [-0.4, -0.2) is 17.4 Å². The maximum absolute atomic E-state index is 11.0. The van der Waals surface area contributed by atoms with Gasteiger partial charge in [-0.2, -0.15) is 0 Å². The Morgan fingerprint density at radius 2 is 2.58 bits per heavy atom. The monoisotopic (exact) mass is 185 g/mol. The standard InChI is InChI=1S/C7H11N3OS/c1-5-4-12-7(9-5)10-6(11)2-3-8/h4H,2-3,8H2,1H3,(H,9,10,11). The van der Waals surface area contributed by atoms with Gasteiger partial charge in [0.1, 0.15) is 0 Å². The smallest absolute Gasteiger partial charge is 0.227 e. The van der Waals surface area contributed by atoms with E-state index in [0.29, 0.717) is 18.1 Å². The van der Waals surface area contributed by atoms with Crippen molar-refractivity contribution in [3.63, 3.8) is 0 Å². The Hall–Kier alpha value is -0.940. The van der Waals surface area contributed by atoms with Gasteiger partial charge in [0.2, 0.25) is 5.91 Å². The molecule has 0 saturated carbocycles. The van der Waals surface area contributed by atoms with Gasteiger partial charge in [0.15, 0.2) is 5.13 Å². The first-order valence-electron chi connectivity index (χ1n) is 3.64. The minimum absolute atomic E-state index is 0.0770. The zero-order chi connectivity index (χ0) is 8.97. The van der Waals surface area contributed by atoms with Crippen LogP contribution in [0.5, 0.6) is 0 Å². The lowest BCUT2D eigenvalue weighted by Gasteiger charge is -1.97. The molecule has 1 amide bonds. The van der Waals surface area contributed by atoms with E-state index in [0.717, 1.165) is 5.69 Å². The number of aryl methyl sites for hydroxylation is 1. The second-order valence-electron chi connectivity index (χ2n) is 2.38. The Bertz CT molecular complexity index is 271. The first-order chi connectivity index (χ1) is 5.72. The quantitative estimate of drug-likeness (QED) is 0.729. The predicted octanol–water partition coefficient (Wildman–Crippen LogP) is 0.739. The highest BCUT2D eigenvalue weighted by Gasteiger charge is 2.02. The third-order valence-electron chi connectivity index (χ3n) is 1.24. The van der Waals surface area contributed by atoms with Gasteiger partial charge < -0.3 is 11.1 Å². The number of nitrogens with zero attached hydrogens (tertiary/aromatic N) is 1. The summed E-state index contributed by atoms with van der Waals surface area (Å²) in [5, 5.41) is 5.18. The van der Waals surface area contributed by atoms with E-state index in [9.17, 15) is 4.79 Å². The second kappa shape index (κ2) is 4.18. The lowest BCUT2D eigenvalue weighted by atomic mass is 10.4. The van der Waals surface area contributed by atoms with Gasteiger partial charge >= 0.3 is 0 Å². The predicted molar refractivity (Wildman–Crippen MR) is 49.2 cm³/mol.